The van der Waals surface area contributed by atoms with Crippen molar-refractivity contribution in [3.8, 4) is 0 Å². The number of rotatable bonds is 4. The van der Waals surface area contributed by atoms with E-state index in [0.717, 1.165) is 5.56 Å². The predicted molar refractivity (Wildman–Crippen MR) is 63.7 cm³/mol. The number of carbonyl (C=O) groups is 1. The van der Waals surface area contributed by atoms with E-state index in [4.69, 9.17) is 4.74 Å². The van der Waals surface area contributed by atoms with E-state index >= 15 is 0 Å². The highest BCUT2D eigenvalue weighted by atomic mass is 16.5. The van der Waals surface area contributed by atoms with Crippen LogP contribution in [-0.4, -0.2) is 25.0 Å². The predicted octanol–water partition coefficient (Wildman–Crippen LogP) is 2.20. The van der Waals surface area contributed by atoms with Gasteiger partial charge in [-0.05, 0) is 12.5 Å². The Kier molecular flexibility index (Phi) is 4.58. The maximum absolute atomic E-state index is 11.5. The van der Waals surface area contributed by atoms with E-state index in [2.05, 4.69) is 0 Å². The maximum Gasteiger partial charge on any atom is 0.335 e. The summed E-state index contributed by atoms with van der Waals surface area (Å²) in [5.74, 6) is -0.280. The summed E-state index contributed by atoms with van der Waals surface area (Å²) >= 11 is 0. The summed E-state index contributed by atoms with van der Waals surface area (Å²) in [7, 11) is 3.74. The average molecular weight is 219 g/mol. The molecule has 16 heavy (non-hydrogen) atoms. The summed E-state index contributed by atoms with van der Waals surface area (Å²) < 4.78 is 5.16. The fraction of sp³-hybridized carbons (Fsp3) is 0.308. The Morgan fingerprint density at radius 3 is 2.50 bits per heavy atom. The molecule has 0 aliphatic heterocycles. The number of carbonyl (C=O) groups excluding carboxylic acids is 1. The number of hydrogen-bond acceptors (Lipinski definition) is 3. The first-order valence-electron chi connectivity index (χ1n) is 5.15. The van der Waals surface area contributed by atoms with Crippen molar-refractivity contribution in [3.05, 3.63) is 47.7 Å². The van der Waals surface area contributed by atoms with Gasteiger partial charge in [0.25, 0.3) is 0 Å². The highest BCUT2D eigenvalue weighted by molar-refractivity contribution is 5.87. The lowest BCUT2D eigenvalue weighted by Gasteiger charge is -2.08. The minimum atomic E-state index is -0.280. The van der Waals surface area contributed by atoms with Crippen LogP contribution in [0.3, 0.4) is 0 Å². The summed E-state index contributed by atoms with van der Waals surface area (Å²) in [6.45, 7) is 2.06. The van der Waals surface area contributed by atoms with Crippen molar-refractivity contribution in [2.45, 2.75) is 13.5 Å². The standard InChI is InChI=1S/C13H17NO2/c1-11(9-14(2)3)13(15)16-10-12-7-5-4-6-8-12/h4-9H,10H2,1-3H3. The Morgan fingerprint density at radius 2 is 1.94 bits per heavy atom. The molecule has 1 rings (SSSR count). The van der Waals surface area contributed by atoms with Crippen LogP contribution in [0.4, 0.5) is 0 Å². The van der Waals surface area contributed by atoms with Crippen molar-refractivity contribution in [1.82, 2.24) is 4.90 Å². The molecule has 0 spiro atoms. The van der Waals surface area contributed by atoms with Crippen molar-refractivity contribution in [1.29, 1.82) is 0 Å². The number of benzene rings is 1. The maximum atomic E-state index is 11.5. The first kappa shape index (κ1) is 12.3. The molecule has 0 bridgehead atoms. The summed E-state index contributed by atoms with van der Waals surface area (Å²) in [4.78, 5) is 13.4. The summed E-state index contributed by atoms with van der Waals surface area (Å²) in [6, 6.07) is 9.64. The van der Waals surface area contributed by atoms with Crippen LogP contribution in [0.15, 0.2) is 42.1 Å². The molecule has 0 fully saturated rings. The Balaban J connectivity index is 2.48. The monoisotopic (exact) mass is 219 g/mol. The van der Waals surface area contributed by atoms with Crippen LogP contribution in [0, 0.1) is 0 Å². The lowest BCUT2D eigenvalue weighted by atomic mass is 10.2. The van der Waals surface area contributed by atoms with Gasteiger partial charge < -0.3 is 9.64 Å². The molecule has 0 aliphatic rings. The molecular formula is C13H17NO2. The van der Waals surface area contributed by atoms with Crippen LogP contribution >= 0.6 is 0 Å². The molecule has 3 heteroatoms. The molecule has 0 atom stereocenters. The molecule has 0 saturated heterocycles. The molecule has 0 unspecified atom stereocenters. The summed E-state index contributed by atoms with van der Waals surface area (Å²) in [6.07, 6.45) is 1.74. The van der Waals surface area contributed by atoms with E-state index in [9.17, 15) is 4.79 Å². The Hall–Kier alpha value is -1.77. The minimum absolute atomic E-state index is 0.280. The second-order valence-corrected chi connectivity index (χ2v) is 3.84. The van der Waals surface area contributed by atoms with Gasteiger partial charge in [0.1, 0.15) is 6.61 Å². The van der Waals surface area contributed by atoms with Gasteiger partial charge in [-0.3, -0.25) is 0 Å². The highest BCUT2D eigenvalue weighted by Gasteiger charge is 2.05. The van der Waals surface area contributed by atoms with Gasteiger partial charge in [0.2, 0.25) is 0 Å². The van der Waals surface area contributed by atoms with E-state index in [1.54, 1.807) is 13.1 Å². The topological polar surface area (TPSA) is 29.5 Å². The van der Waals surface area contributed by atoms with E-state index in [-0.39, 0.29) is 5.97 Å². The molecule has 3 nitrogen and oxygen atoms in total. The van der Waals surface area contributed by atoms with E-state index in [1.165, 1.54) is 0 Å². The highest BCUT2D eigenvalue weighted by Crippen LogP contribution is 2.04. The number of nitrogens with zero attached hydrogens (tertiary/aromatic N) is 1. The van der Waals surface area contributed by atoms with Crippen LogP contribution in [0.25, 0.3) is 0 Å². The van der Waals surface area contributed by atoms with Crippen LogP contribution in [0.5, 0.6) is 0 Å². The normalized spacial score (nSPS) is 11.1. The molecule has 0 aliphatic carbocycles. The zero-order valence-electron chi connectivity index (χ0n) is 9.93. The smallest absolute Gasteiger partial charge is 0.335 e. The summed E-state index contributed by atoms with van der Waals surface area (Å²) in [5.41, 5.74) is 1.59. The molecule has 0 aromatic heterocycles. The fourth-order valence-electron chi connectivity index (χ4n) is 1.28. The number of esters is 1. The molecule has 86 valence electrons. The Bertz CT molecular complexity index is 369. The third-order valence-electron chi connectivity index (χ3n) is 1.99. The molecule has 0 amide bonds. The minimum Gasteiger partial charge on any atom is -0.457 e. The van der Waals surface area contributed by atoms with Crippen molar-refractivity contribution >= 4 is 5.97 Å². The van der Waals surface area contributed by atoms with Gasteiger partial charge in [0.05, 0.1) is 0 Å². The van der Waals surface area contributed by atoms with Crippen molar-refractivity contribution < 1.29 is 9.53 Å². The Labute approximate surface area is 96.3 Å². The van der Waals surface area contributed by atoms with Crippen molar-refractivity contribution in [2.24, 2.45) is 0 Å². The quantitative estimate of drug-likeness (QED) is 0.574. The van der Waals surface area contributed by atoms with Gasteiger partial charge >= 0.3 is 5.97 Å². The van der Waals surface area contributed by atoms with E-state index in [0.29, 0.717) is 12.2 Å². The molecule has 0 radical (unpaired) electrons. The van der Waals surface area contributed by atoms with Crippen molar-refractivity contribution in [3.63, 3.8) is 0 Å². The SMILES string of the molecule is CC(=CN(C)C)C(=O)OCc1ccccc1. The molecule has 0 N–H and O–H groups in total. The number of ether oxygens (including phenoxy) is 1. The van der Waals surface area contributed by atoms with E-state index in [1.807, 2.05) is 49.3 Å². The van der Waals surface area contributed by atoms with Gasteiger partial charge in [-0.25, -0.2) is 4.79 Å². The van der Waals surface area contributed by atoms with Gasteiger partial charge in [-0.2, -0.15) is 0 Å². The third-order valence-corrected chi connectivity index (χ3v) is 1.99. The van der Waals surface area contributed by atoms with Gasteiger partial charge in [0.15, 0.2) is 0 Å². The fourth-order valence-corrected chi connectivity index (χ4v) is 1.28. The van der Waals surface area contributed by atoms with Crippen LogP contribution in [-0.2, 0) is 16.1 Å². The van der Waals surface area contributed by atoms with Crippen LogP contribution < -0.4 is 0 Å². The van der Waals surface area contributed by atoms with Gasteiger partial charge in [-0.15, -0.1) is 0 Å². The molecule has 0 heterocycles. The number of hydrogen-bond donors (Lipinski definition) is 0. The lowest BCUT2D eigenvalue weighted by molar-refractivity contribution is -0.140. The second kappa shape index (κ2) is 5.95. The van der Waals surface area contributed by atoms with Gasteiger partial charge in [-0.1, -0.05) is 30.3 Å². The average Bonchev–Trinajstić information content (AvgIpc) is 2.26. The third kappa shape index (κ3) is 4.17. The van der Waals surface area contributed by atoms with Crippen molar-refractivity contribution in [2.75, 3.05) is 14.1 Å². The molecule has 0 saturated carbocycles. The molecule has 1 aromatic rings. The molecule has 1 aromatic carbocycles. The second-order valence-electron chi connectivity index (χ2n) is 3.84. The first-order chi connectivity index (χ1) is 7.59. The first-order valence-corrected chi connectivity index (χ1v) is 5.15. The van der Waals surface area contributed by atoms with Crippen LogP contribution in [0.1, 0.15) is 12.5 Å². The van der Waals surface area contributed by atoms with Crippen LogP contribution in [0.2, 0.25) is 0 Å². The Morgan fingerprint density at radius 1 is 1.31 bits per heavy atom. The zero-order valence-corrected chi connectivity index (χ0v) is 9.93. The zero-order chi connectivity index (χ0) is 12.0. The van der Waals surface area contributed by atoms with Gasteiger partial charge in [0, 0.05) is 25.9 Å². The van der Waals surface area contributed by atoms with E-state index < -0.39 is 0 Å². The summed E-state index contributed by atoms with van der Waals surface area (Å²) in [5, 5.41) is 0. The lowest BCUT2D eigenvalue weighted by Crippen LogP contribution is -2.10. The molecular weight excluding hydrogens is 202 g/mol. The largest absolute Gasteiger partial charge is 0.457 e.